The van der Waals surface area contributed by atoms with Gasteiger partial charge in [0, 0.05) is 37.7 Å². The van der Waals surface area contributed by atoms with E-state index in [1.807, 2.05) is 32.7 Å². The van der Waals surface area contributed by atoms with Crippen LogP contribution in [-0.2, 0) is 9.47 Å². The van der Waals surface area contributed by atoms with E-state index in [1.165, 1.54) is 0 Å². The second kappa shape index (κ2) is 8.98. The Hall–Kier alpha value is -1.80. The highest BCUT2D eigenvalue weighted by atomic mass is 35.5. The van der Waals surface area contributed by atoms with Crippen LogP contribution >= 0.6 is 11.6 Å². The first kappa shape index (κ1) is 22.4. The lowest BCUT2D eigenvalue weighted by atomic mass is 9.81. The Bertz CT molecular complexity index is 782. The van der Waals surface area contributed by atoms with Gasteiger partial charge in [-0.2, -0.15) is 4.98 Å². The second-order valence-corrected chi connectivity index (χ2v) is 10.2. The number of halogens is 1. The highest BCUT2D eigenvalue weighted by molar-refractivity contribution is 6.29. The number of nitrogens with zero attached hydrogens (tertiary/aromatic N) is 4. The van der Waals surface area contributed by atoms with Crippen LogP contribution in [0.2, 0.25) is 5.15 Å². The van der Waals surface area contributed by atoms with E-state index in [0.717, 1.165) is 38.5 Å². The Balaban J connectivity index is 1.47. The number of hydrogen-bond acceptors (Lipinski definition) is 7. The van der Waals surface area contributed by atoms with Crippen LogP contribution in [-0.4, -0.2) is 71.1 Å². The quantitative estimate of drug-likeness (QED) is 0.637. The Labute approximate surface area is 189 Å². The summed E-state index contributed by atoms with van der Waals surface area (Å²) in [5.74, 6) is 1.03. The molecule has 2 bridgehead atoms. The van der Waals surface area contributed by atoms with Crippen LogP contribution in [0.1, 0.15) is 59.3 Å². The number of aromatic nitrogens is 2. The minimum absolute atomic E-state index is 0.000507. The van der Waals surface area contributed by atoms with E-state index in [-0.39, 0.29) is 30.3 Å². The maximum atomic E-state index is 12.8. The molecular formula is C22H33ClN4O4. The third-order valence-corrected chi connectivity index (χ3v) is 6.45. The fraction of sp³-hybridized carbons (Fsp3) is 0.773. The third-order valence-electron chi connectivity index (χ3n) is 6.25. The van der Waals surface area contributed by atoms with Gasteiger partial charge in [-0.15, -0.1) is 0 Å². The molecule has 4 rings (SSSR count). The largest absolute Gasteiger partial charge is 0.472 e. The van der Waals surface area contributed by atoms with E-state index in [1.54, 1.807) is 6.07 Å². The van der Waals surface area contributed by atoms with Gasteiger partial charge >= 0.3 is 6.09 Å². The lowest BCUT2D eigenvalue weighted by Crippen LogP contribution is -2.59. The molecule has 3 fully saturated rings. The predicted octanol–water partition coefficient (Wildman–Crippen LogP) is 4.05. The minimum atomic E-state index is -0.492. The monoisotopic (exact) mass is 452 g/mol. The molecule has 1 aromatic rings. The molecular weight excluding hydrogens is 420 g/mol. The molecule has 8 nitrogen and oxygen atoms in total. The van der Waals surface area contributed by atoms with Crippen molar-refractivity contribution >= 4 is 23.6 Å². The molecule has 4 atom stereocenters. The summed E-state index contributed by atoms with van der Waals surface area (Å²) in [7, 11) is 2.00. The SMILES string of the molecule is CN(c1nc(Cl)cc(O[C@H]2CCOC2)n1)C1C[C@H]2CCC[C@@H](C1)N2C(=O)OC(C)(C)C. The van der Waals surface area contributed by atoms with Crippen LogP contribution in [0.5, 0.6) is 5.88 Å². The summed E-state index contributed by atoms with van der Waals surface area (Å²) in [6.07, 6.45) is 5.49. The van der Waals surface area contributed by atoms with Crippen molar-refractivity contribution in [2.75, 3.05) is 25.2 Å². The molecule has 0 radical (unpaired) electrons. The van der Waals surface area contributed by atoms with E-state index >= 15 is 0 Å². The Morgan fingerprint density at radius 2 is 1.94 bits per heavy atom. The predicted molar refractivity (Wildman–Crippen MR) is 118 cm³/mol. The third kappa shape index (κ3) is 5.34. The van der Waals surface area contributed by atoms with Crippen molar-refractivity contribution in [1.82, 2.24) is 14.9 Å². The summed E-state index contributed by atoms with van der Waals surface area (Å²) < 4.78 is 17.0. The molecule has 9 heteroatoms. The molecule has 1 unspecified atom stereocenters. The number of anilines is 1. The van der Waals surface area contributed by atoms with Crippen molar-refractivity contribution in [2.24, 2.45) is 0 Å². The van der Waals surface area contributed by atoms with Gasteiger partial charge in [0.2, 0.25) is 11.8 Å². The molecule has 172 valence electrons. The number of carbonyl (C=O) groups excluding carboxylic acids is 1. The minimum Gasteiger partial charge on any atom is -0.472 e. The molecule has 0 spiro atoms. The summed E-state index contributed by atoms with van der Waals surface area (Å²) in [6, 6.07) is 2.20. The number of hydrogen-bond donors (Lipinski definition) is 0. The number of fused-ring (bicyclic) bond motifs is 2. The fourth-order valence-electron chi connectivity index (χ4n) is 4.83. The lowest BCUT2D eigenvalue weighted by molar-refractivity contribution is -0.0214. The summed E-state index contributed by atoms with van der Waals surface area (Å²) in [5.41, 5.74) is -0.492. The van der Waals surface area contributed by atoms with Gasteiger partial charge in [0.25, 0.3) is 0 Å². The molecule has 0 aromatic carbocycles. The van der Waals surface area contributed by atoms with E-state index in [4.69, 9.17) is 25.8 Å². The van der Waals surface area contributed by atoms with Crippen molar-refractivity contribution in [1.29, 1.82) is 0 Å². The van der Waals surface area contributed by atoms with Crippen molar-refractivity contribution < 1.29 is 19.0 Å². The zero-order chi connectivity index (χ0) is 22.2. The molecule has 31 heavy (non-hydrogen) atoms. The van der Waals surface area contributed by atoms with E-state index in [0.29, 0.717) is 30.2 Å². The van der Waals surface area contributed by atoms with Crippen LogP contribution in [0.4, 0.5) is 10.7 Å². The number of carbonyl (C=O) groups is 1. The molecule has 3 aliphatic rings. The van der Waals surface area contributed by atoms with Gasteiger partial charge in [0.05, 0.1) is 13.2 Å². The maximum Gasteiger partial charge on any atom is 0.410 e. The summed E-state index contributed by atoms with van der Waals surface area (Å²) in [5, 5.41) is 0.358. The standard InChI is InChI=1S/C22H33ClN4O4/c1-22(2,3)31-21(28)27-14-6-5-7-15(27)11-16(10-14)26(4)20-24-18(23)12-19(25-20)30-17-8-9-29-13-17/h12,14-17H,5-11,13H2,1-4H3/t14-,15+,16?,17-/m0/s1. The second-order valence-electron chi connectivity index (χ2n) is 9.79. The Kier molecular flexibility index (Phi) is 6.49. The molecule has 0 saturated carbocycles. The summed E-state index contributed by atoms with van der Waals surface area (Å²) in [6.45, 7) is 7.01. The molecule has 1 amide bonds. The first-order valence-corrected chi connectivity index (χ1v) is 11.6. The number of rotatable bonds is 4. The van der Waals surface area contributed by atoms with Crippen molar-refractivity contribution in [3.8, 4) is 5.88 Å². The van der Waals surface area contributed by atoms with Crippen molar-refractivity contribution in [3.63, 3.8) is 0 Å². The smallest absolute Gasteiger partial charge is 0.410 e. The summed E-state index contributed by atoms with van der Waals surface area (Å²) >= 11 is 6.28. The zero-order valence-corrected chi connectivity index (χ0v) is 19.6. The van der Waals surface area contributed by atoms with Gasteiger partial charge in [0.15, 0.2) is 0 Å². The zero-order valence-electron chi connectivity index (χ0n) is 18.8. The first-order chi connectivity index (χ1) is 14.7. The van der Waals surface area contributed by atoms with Gasteiger partial charge in [-0.3, -0.25) is 0 Å². The number of ether oxygens (including phenoxy) is 3. The first-order valence-electron chi connectivity index (χ1n) is 11.2. The van der Waals surface area contributed by atoms with E-state index in [9.17, 15) is 4.79 Å². The van der Waals surface area contributed by atoms with Crippen molar-refractivity contribution in [2.45, 2.75) is 89.1 Å². The highest BCUT2D eigenvalue weighted by Gasteiger charge is 2.44. The van der Waals surface area contributed by atoms with Crippen LogP contribution < -0.4 is 9.64 Å². The van der Waals surface area contributed by atoms with Gasteiger partial charge in [0.1, 0.15) is 16.9 Å². The average Bonchev–Trinajstić information content (AvgIpc) is 3.17. The van der Waals surface area contributed by atoms with Crippen molar-refractivity contribution in [3.05, 3.63) is 11.2 Å². The molecule has 0 N–H and O–H groups in total. The molecule has 4 heterocycles. The molecule has 0 aliphatic carbocycles. The molecule has 3 aliphatic heterocycles. The Morgan fingerprint density at radius 1 is 1.23 bits per heavy atom. The molecule has 1 aromatic heterocycles. The van der Waals surface area contributed by atoms with Gasteiger partial charge in [-0.1, -0.05) is 11.6 Å². The number of amides is 1. The van der Waals surface area contributed by atoms with Crippen LogP contribution in [0.25, 0.3) is 0 Å². The summed E-state index contributed by atoms with van der Waals surface area (Å²) in [4.78, 5) is 26.0. The fourth-order valence-corrected chi connectivity index (χ4v) is 4.99. The maximum absolute atomic E-state index is 12.8. The van der Waals surface area contributed by atoms with Gasteiger partial charge < -0.3 is 24.0 Å². The average molecular weight is 453 g/mol. The van der Waals surface area contributed by atoms with Crippen LogP contribution in [0, 0.1) is 0 Å². The van der Waals surface area contributed by atoms with E-state index in [2.05, 4.69) is 14.9 Å². The highest BCUT2D eigenvalue weighted by Crippen LogP contribution is 2.37. The van der Waals surface area contributed by atoms with Crippen LogP contribution in [0.15, 0.2) is 6.07 Å². The lowest BCUT2D eigenvalue weighted by Gasteiger charge is -2.50. The van der Waals surface area contributed by atoms with Crippen LogP contribution in [0.3, 0.4) is 0 Å². The van der Waals surface area contributed by atoms with Gasteiger partial charge in [-0.25, -0.2) is 9.78 Å². The topological polar surface area (TPSA) is 77.0 Å². The van der Waals surface area contributed by atoms with Gasteiger partial charge in [-0.05, 0) is 52.9 Å². The molecule has 3 saturated heterocycles. The Morgan fingerprint density at radius 3 is 2.55 bits per heavy atom. The number of piperidine rings is 2. The normalized spacial score (nSPS) is 28.4. The van der Waals surface area contributed by atoms with E-state index < -0.39 is 5.60 Å².